The number of pyridine rings is 1. The number of halogens is 1. The number of anilines is 1. The van der Waals surface area contributed by atoms with Crippen LogP contribution < -0.4 is 15.2 Å². The second-order valence-electron chi connectivity index (χ2n) is 4.16. The summed E-state index contributed by atoms with van der Waals surface area (Å²) in [6.07, 6.45) is 2.01. The van der Waals surface area contributed by atoms with Crippen molar-refractivity contribution in [1.82, 2.24) is 9.71 Å². The normalized spacial score (nSPS) is 11.3. The molecule has 1 aromatic carbocycles. The molecule has 0 saturated carbocycles. The maximum atomic E-state index is 13.0. The molecule has 112 valence electrons. The van der Waals surface area contributed by atoms with Crippen LogP contribution in [-0.4, -0.2) is 26.6 Å². The molecule has 0 bridgehead atoms. The maximum Gasteiger partial charge on any atom is 0.242 e. The summed E-state index contributed by atoms with van der Waals surface area (Å²) < 4.78 is 44.3. The van der Waals surface area contributed by atoms with E-state index in [1.165, 1.54) is 0 Å². The minimum atomic E-state index is -3.80. The first-order valence-corrected chi connectivity index (χ1v) is 7.54. The molecule has 3 N–H and O–H groups in total. The van der Waals surface area contributed by atoms with Gasteiger partial charge in [0.1, 0.15) is 23.1 Å². The number of nitrogens with one attached hydrogen (secondary N) is 1. The summed E-state index contributed by atoms with van der Waals surface area (Å²) in [6.45, 7) is 0.152. The second-order valence-corrected chi connectivity index (χ2v) is 5.92. The number of benzene rings is 1. The van der Waals surface area contributed by atoms with Crippen LogP contribution in [-0.2, 0) is 10.0 Å². The first-order chi connectivity index (χ1) is 9.97. The van der Waals surface area contributed by atoms with Crippen molar-refractivity contribution in [2.75, 3.05) is 18.9 Å². The molecule has 0 atom stereocenters. The number of nitrogen functional groups attached to an aromatic ring is 1. The van der Waals surface area contributed by atoms with E-state index in [2.05, 4.69) is 9.71 Å². The molecule has 0 saturated heterocycles. The third kappa shape index (κ3) is 4.40. The number of aromatic nitrogens is 1. The molecule has 8 heteroatoms. The molecule has 21 heavy (non-hydrogen) atoms. The quantitative estimate of drug-likeness (QED) is 0.616. The summed E-state index contributed by atoms with van der Waals surface area (Å²) >= 11 is 0. The molecule has 1 aromatic heterocycles. The van der Waals surface area contributed by atoms with E-state index in [0.29, 0.717) is 11.4 Å². The Balaban J connectivity index is 1.88. The number of nitrogens with two attached hydrogens (primary N) is 1. The molecule has 0 radical (unpaired) electrons. The minimum Gasteiger partial charge on any atom is -0.492 e. The Morgan fingerprint density at radius 1 is 1.29 bits per heavy atom. The van der Waals surface area contributed by atoms with Crippen molar-refractivity contribution in [3.8, 4) is 5.75 Å². The summed E-state index contributed by atoms with van der Waals surface area (Å²) in [5.74, 6) is -0.171. The lowest BCUT2D eigenvalue weighted by atomic mass is 10.3. The number of rotatable bonds is 6. The van der Waals surface area contributed by atoms with Gasteiger partial charge in [0, 0.05) is 24.5 Å². The predicted molar refractivity (Wildman–Crippen MR) is 75.7 cm³/mol. The molecule has 1 heterocycles. The van der Waals surface area contributed by atoms with Crippen molar-refractivity contribution in [3.05, 3.63) is 48.5 Å². The van der Waals surface area contributed by atoms with E-state index in [1.807, 2.05) is 0 Å². The van der Waals surface area contributed by atoms with Crippen LogP contribution in [0.4, 0.5) is 10.1 Å². The maximum absolute atomic E-state index is 13.0. The van der Waals surface area contributed by atoms with Crippen molar-refractivity contribution in [2.24, 2.45) is 0 Å². The van der Waals surface area contributed by atoms with Crippen LogP contribution in [0.15, 0.2) is 47.6 Å². The average molecular weight is 311 g/mol. The molecule has 0 aliphatic heterocycles. The molecule has 2 aromatic rings. The van der Waals surface area contributed by atoms with E-state index in [1.54, 1.807) is 24.3 Å². The summed E-state index contributed by atoms with van der Waals surface area (Å²) in [6, 6.07) is 7.68. The van der Waals surface area contributed by atoms with Gasteiger partial charge in [0.15, 0.2) is 0 Å². The summed E-state index contributed by atoms with van der Waals surface area (Å²) in [5.41, 5.74) is 6.14. The molecule has 6 nitrogen and oxygen atoms in total. The zero-order valence-corrected chi connectivity index (χ0v) is 11.8. The van der Waals surface area contributed by atoms with Crippen LogP contribution >= 0.6 is 0 Å². The summed E-state index contributed by atoms with van der Waals surface area (Å²) in [7, 11) is -3.80. The van der Waals surface area contributed by atoms with Gasteiger partial charge in [0.2, 0.25) is 10.0 Å². The van der Waals surface area contributed by atoms with Gasteiger partial charge in [-0.2, -0.15) is 0 Å². The van der Waals surface area contributed by atoms with Gasteiger partial charge in [-0.05, 0) is 18.2 Å². The fourth-order valence-electron chi connectivity index (χ4n) is 1.57. The number of ether oxygens (including phenoxy) is 1. The SMILES string of the molecule is Nc1cccc(OCCNS(=O)(=O)c2cncc(F)c2)c1. The van der Waals surface area contributed by atoms with E-state index < -0.39 is 15.8 Å². The lowest BCUT2D eigenvalue weighted by molar-refractivity contribution is 0.323. The zero-order chi connectivity index (χ0) is 15.3. The lowest BCUT2D eigenvalue weighted by Crippen LogP contribution is -2.28. The third-order valence-electron chi connectivity index (χ3n) is 2.51. The lowest BCUT2D eigenvalue weighted by Gasteiger charge is -2.08. The van der Waals surface area contributed by atoms with Gasteiger partial charge in [-0.25, -0.2) is 17.5 Å². The van der Waals surface area contributed by atoms with E-state index in [4.69, 9.17) is 10.5 Å². The van der Waals surface area contributed by atoms with Crippen LogP contribution in [0.3, 0.4) is 0 Å². The van der Waals surface area contributed by atoms with Crippen LogP contribution in [0.2, 0.25) is 0 Å². The predicted octanol–water partition coefficient (Wildman–Crippen LogP) is 1.16. The van der Waals surface area contributed by atoms with Gasteiger partial charge in [-0.15, -0.1) is 0 Å². The largest absolute Gasteiger partial charge is 0.492 e. The highest BCUT2D eigenvalue weighted by Gasteiger charge is 2.14. The molecule has 0 aliphatic rings. The molecular weight excluding hydrogens is 297 g/mol. The van der Waals surface area contributed by atoms with Gasteiger partial charge < -0.3 is 10.5 Å². The fraction of sp³-hybridized carbons (Fsp3) is 0.154. The second kappa shape index (κ2) is 6.51. The third-order valence-corrected chi connectivity index (χ3v) is 3.94. The van der Waals surface area contributed by atoms with Gasteiger partial charge in [0.25, 0.3) is 0 Å². The minimum absolute atomic E-state index is 0.0354. The van der Waals surface area contributed by atoms with Gasteiger partial charge in [-0.1, -0.05) is 6.07 Å². The van der Waals surface area contributed by atoms with Crippen LogP contribution in [0, 0.1) is 5.82 Å². The van der Waals surface area contributed by atoms with Crippen molar-refractivity contribution < 1.29 is 17.5 Å². The molecule has 0 spiro atoms. The van der Waals surface area contributed by atoms with E-state index >= 15 is 0 Å². The topological polar surface area (TPSA) is 94.3 Å². The molecular formula is C13H14FN3O3S. The van der Waals surface area contributed by atoms with Crippen molar-refractivity contribution in [3.63, 3.8) is 0 Å². The van der Waals surface area contributed by atoms with Gasteiger partial charge in [-0.3, -0.25) is 4.98 Å². The van der Waals surface area contributed by atoms with Crippen LogP contribution in [0.1, 0.15) is 0 Å². The number of hydrogen-bond donors (Lipinski definition) is 2. The smallest absolute Gasteiger partial charge is 0.242 e. The van der Waals surface area contributed by atoms with Gasteiger partial charge >= 0.3 is 0 Å². The monoisotopic (exact) mass is 311 g/mol. The van der Waals surface area contributed by atoms with E-state index in [0.717, 1.165) is 18.5 Å². The number of hydrogen-bond acceptors (Lipinski definition) is 5. The number of nitrogens with zero attached hydrogens (tertiary/aromatic N) is 1. The molecule has 0 unspecified atom stereocenters. The Bertz CT molecular complexity index is 722. The Morgan fingerprint density at radius 2 is 2.10 bits per heavy atom. The Kier molecular flexibility index (Phi) is 4.71. The first-order valence-electron chi connectivity index (χ1n) is 6.06. The van der Waals surface area contributed by atoms with Crippen LogP contribution in [0.5, 0.6) is 5.75 Å². The molecule has 0 amide bonds. The highest BCUT2D eigenvalue weighted by atomic mass is 32.2. The Morgan fingerprint density at radius 3 is 2.81 bits per heavy atom. The molecule has 0 aliphatic carbocycles. The summed E-state index contributed by atoms with van der Waals surface area (Å²) in [4.78, 5) is 3.27. The summed E-state index contributed by atoms with van der Waals surface area (Å²) in [5, 5.41) is 0. The number of sulfonamides is 1. The highest BCUT2D eigenvalue weighted by Crippen LogP contribution is 2.14. The van der Waals surface area contributed by atoms with Crippen molar-refractivity contribution >= 4 is 15.7 Å². The highest BCUT2D eigenvalue weighted by molar-refractivity contribution is 7.89. The fourth-order valence-corrected chi connectivity index (χ4v) is 2.56. The zero-order valence-electron chi connectivity index (χ0n) is 11.0. The molecule has 2 rings (SSSR count). The van der Waals surface area contributed by atoms with Crippen molar-refractivity contribution in [1.29, 1.82) is 0 Å². The van der Waals surface area contributed by atoms with Gasteiger partial charge in [0.05, 0.1) is 6.20 Å². The average Bonchev–Trinajstić information content (AvgIpc) is 2.44. The standard InChI is InChI=1S/C13H14FN3O3S/c14-10-6-13(9-16-8-10)21(18,19)17-4-5-20-12-3-1-2-11(15)7-12/h1-3,6-9,17H,4-5,15H2. The van der Waals surface area contributed by atoms with E-state index in [9.17, 15) is 12.8 Å². The van der Waals surface area contributed by atoms with Crippen LogP contribution in [0.25, 0.3) is 0 Å². The van der Waals surface area contributed by atoms with Crippen molar-refractivity contribution in [2.45, 2.75) is 4.90 Å². The Hall–Kier alpha value is -2.19. The first kappa shape index (κ1) is 15.2. The molecule has 0 fully saturated rings. The Labute approximate surface area is 121 Å². The van der Waals surface area contributed by atoms with E-state index in [-0.39, 0.29) is 18.0 Å².